The van der Waals surface area contributed by atoms with Crippen LogP contribution < -0.4 is 0 Å². The zero-order chi connectivity index (χ0) is 17.1. The molecule has 4 aromatic rings. The third-order valence-corrected chi connectivity index (χ3v) is 5.05. The van der Waals surface area contributed by atoms with E-state index in [9.17, 15) is 4.79 Å². The number of hydrogen-bond donors (Lipinski definition) is 0. The summed E-state index contributed by atoms with van der Waals surface area (Å²) >= 11 is 0. The molecule has 0 aromatic heterocycles. The Morgan fingerprint density at radius 1 is 0.880 bits per heavy atom. The van der Waals surface area contributed by atoms with Crippen molar-refractivity contribution in [1.29, 1.82) is 0 Å². The Morgan fingerprint density at radius 3 is 2.52 bits per heavy atom. The topological polar surface area (TPSA) is 26.3 Å². The van der Waals surface area contributed by atoms with Gasteiger partial charge in [-0.05, 0) is 57.1 Å². The summed E-state index contributed by atoms with van der Waals surface area (Å²) in [5.41, 5.74) is 3.31. The largest absolute Gasteiger partial charge is 0.426 e. The van der Waals surface area contributed by atoms with Crippen molar-refractivity contribution in [2.45, 2.75) is 13.8 Å². The zero-order valence-electron chi connectivity index (χ0n) is 14.1. The lowest BCUT2D eigenvalue weighted by molar-refractivity contribution is -0.134. The first-order valence-corrected chi connectivity index (χ1v) is 8.42. The van der Waals surface area contributed by atoms with Gasteiger partial charge in [0.1, 0.15) is 5.76 Å². The molecule has 2 nitrogen and oxygen atoms in total. The lowest BCUT2D eigenvalue weighted by Gasteiger charge is -2.11. The first-order valence-electron chi connectivity index (χ1n) is 8.42. The van der Waals surface area contributed by atoms with Gasteiger partial charge in [-0.3, -0.25) is 4.79 Å². The van der Waals surface area contributed by atoms with Crippen molar-refractivity contribution < 1.29 is 9.53 Å². The fourth-order valence-electron chi connectivity index (χ4n) is 4.02. The molecule has 4 aromatic carbocycles. The Labute approximate surface area is 145 Å². The average molecular weight is 324 g/mol. The molecule has 0 aliphatic heterocycles. The van der Waals surface area contributed by atoms with Gasteiger partial charge in [-0.15, -0.1) is 0 Å². The van der Waals surface area contributed by atoms with Crippen molar-refractivity contribution in [3.05, 3.63) is 71.3 Å². The number of ether oxygens (including phenoxy) is 1. The summed E-state index contributed by atoms with van der Waals surface area (Å²) in [6, 6.07) is 19.3. The van der Waals surface area contributed by atoms with Crippen LogP contribution in [0, 0.1) is 6.92 Å². The number of rotatable bonds is 1. The van der Waals surface area contributed by atoms with Gasteiger partial charge >= 0.3 is 5.97 Å². The van der Waals surface area contributed by atoms with E-state index in [-0.39, 0.29) is 5.97 Å². The maximum absolute atomic E-state index is 11.6. The third-order valence-electron chi connectivity index (χ3n) is 5.05. The van der Waals surface area contributed by atoms with E-state index in [1.54, 1.807) is 0 Å². The predicted octanol–water partition coefficient (Wildman–Crippen LogP) is 5.83. The molecule has 2 heteroatoms. The van der Waals surface area contributed by atoms with Crippen LogP contribution in [0.2, 0.25) is 0 Å². The highest BCUT2D eigenvalue weighted by atomic mass is 16.5. The molecular weight excluding hydrogens is 308 g/mol. The molecule has 0 fully saturated rings. The molecule has 0 saturated heterocycles. The highest BCUT2D eigenvalue weighted by Crippen LogP contribution is 2.44. The number of carbonyl (C=O) groups excluding carboxylic acids is 1. The highest BCUT2D eigenvalue weighted by molar-refractivity contribution is 6.22. The van der Waals surface area contributed by atoms with Crippen molar-refractivity contribution in [3.63, 3.8) is 0 Å². The van der Waals surface area contributed by atoms with E-state index in [0.29, 0.717) is 5.76 Å². The minimum Gasteiger partial charge on any atom is -0.426 e. The first-order chi connectivity index (χ1) is 12.1. The lowest BCUT2D eigenvalue weighted by Crippen LogP contribution is -1.98. The molecule has 0 radical (unpaired) electrons. The van der Waals surface area contributed by atoms with Gasteiger partial charge in [-0.2, -0.15) is 0 Å². The van der Waals surface area contributed by atoms with Crippen LogP contribution in [-0.4, -0.2) is 5.97 Å². The second kappa shape index (κ2) is 4.93. The molecular formula is C23H16O2. The van der Waals surface area contributed by atoms with E-state index < -0.39 is 0 Å². The van der Waals surface area contributed by atoms with E-state index in [1.165, 1.54) is 39.2 Å². The summed E-state index contributed by atoms with van der Waals surface area (Å²) in [7, 11) is 0. The number of aryl methyl sites for hydroxylation is 1. The summed E-state index contributed by atoms with van der Waals surface area (Å²) in [5, 5.41) is 7.26. The van der Waals surface area contributed by atoms with Crippen molar-refractivity contribution in [2.75, 3.05) is 0 Å². The number of esters is 1. The minimum absolute atomic E-state index is 0.287. The van der Waals surface area contributed by atoms with Gasteiger partial charge in [0.05, 0.1) is 0 Å². The van der Waals surface area contributed by atoms with Crippen LogP contribution in [0.4, 0.5) is 0 Å². The molecule has 1 aliphatic rings. The molecule has 120 valence electrons. The lowest BCUT2D eigenvalue weighted by atomic mass is 9.93. The Hall–Kier alpha value is -3.13. The molecule has 0 N–H and O–H groups in total. The quantitative estimate of drug-likeness (QED) is 0.250. The summed E-state index contributed by atoms with van der Waals surface area (Å²) in [6.45, 7) is 3.51. The number of fused-ring (bicyclic) bond motifs is 4. The molecule has 0 spiro atoms. The monoisotopic (exact) mass is 324 g/mol. The summed E-state index contributed by atoms with van der Waals surface area (Å²) < 4.78 is 5.52. The van der Waals surface area contributed by atoms with Gasteiger partial charge in [-0.25, -0.2) is 0 Å². The normalized spacial score (nSPS) is 12.8. The Bertz CT molecular complexity index is 1250. The van der Waals surface area contributed by atoms with E-state index in [2.05, 4.69) is 61.5 Å². The summed E-state index contributed by atoms with van der Waals surface area (Å²) in [4.78, 5) is 11.6. The van der Waals surface area contributed by atoms with Crippen LogP contribution in [-0.2, 0) is 9.53 Å². The van der Waals surface area contributed by atoms with Crippen molar-refractivity contribution in [1.82, 2.24) is 0 Å². The third kappa shape index (κ3) is 1.94. The number of hydrogen-bond acceptors (Lipinski definition) is 2. The van der Waals surface area contributed by atoms with Gasteiger partial charge in [0.2, 0.25) is 0 Å². The Kier molecular flexibility index (Phi) is 2.81. The Morgan fingerprint density at radius 2 is 1.68 bits per heavy atom. The van der Waals surface area contributed by atoms with E-state index in [1.807, 2.05) is 6.08 Å². The van der Waals surface area contributed by atoms with Crippen LogP contribution >= 0.6 is 0 Å². The van der Waals surface area contributed by atoms with E-state index >= 15 is 0 Å². The van der Waals surface area contributed by atoms with E-state index in [4.69, 9.17) is 4.74 Å². The smallest absolute Gasteiger partial charge is 0.308 e. The maximum atomic E-state index is 11.6. The second-order valence-electron chi connectivity index (χ2n) is 6.63. The van der Waals surface area contributed by atoms with Gasteiger partial charge in [0.25, 0.3) is 0 Å². The standard InChI is InChI=1S/C23H16O2/c1-13-7-8-16-11-19-17-6-4-3-5-15(17)9-10-18(19)20-12-21(25-14(2)24)22(13)23(16)20/h3-12H,1-2H3. The fourth-order valence-corrected chi connectivity index (χ4v) is 4.02. The number of benzene rings is 4. The second-order valence-corrected chi connectivity index (χ2v) is 6.63. The molecule has 0 bridgehead atoms. The highest BCUT2D eigenvalue weighted by Gasteiger charge is 2.23. The molecule has 5 rings (SSSR count). The molecule has 0 unspecified atom stereocenters. The molecule has 1 aliphatic carbocycles. The maximum Gasteiger partial charge on any atom is 0.308 e. The van der Waals surface area contributed by atoms with Crippen molar-refractivity contribution in [3.8, 4) is 0 Å². The number of carbonyl (C=O) groups is 1. The van der Waals surface area contributed by atoms with Crippen LogP contribution in [0.1, 0.15) is 23.6 Å². The van der Waals surface area contributed by atoms with Gasteiger partial charge in [0.15, 0.2) is 0 Å². The fraction of sp³-hybridized carbons (Fsp3) is 0.0870. The van der Waals surface area contributed by atoms with Crippen LogP contribution in [0.15, 0.2) is 54.6 Å². The molecule has 0 heterocycles. The van der Waals surface area contributed by atoms with Gasteiger partial charge in [0, 0.05) is 17.9 Å². The SMILES string of the molecule is CC(=O)OC1=Cc2c3ccc4ccccc4c3cc3ccc(C)c1c23. The molecule has 25 heavy (non-hydrogen) atoms. The van der Waals surface area contributed by atoms with Crippen LogP contribution in [0.3, 0.4) is 0 Å². The van der Waals surface area contributed by atoms with Crippen LogP contribution in [0.25, 0.3) is 44.2 Å². The van der Waals surface area contributed by atoms with Gasteiger partial charge < -0.3 is 4.74 Å². The predicted molar refractivity (Wildman–Crippen MR) is 103 cm³/mol. The van der Waals surface area contributed by atoms with Crippen LogP contribution in [0.5, 0.6) is 0 Å². The molecule has 0 saturated carbocycles. The summed E-state index contributed by atoms with van der Waals surface area (Å²) in [6.07, 6.45) is 2.02. The molecule has 0 atom stereocenters. The summed E-state index contributed by atoms with van der Waals surface area (Å²) in [5.74, 6) is 0.372. The molecule has 0 amide bonds. The van der Waals surface area contributed by atoms with Crippen molar-refractivity contribution in [2.24, 2.45) is 0 Å². The average Bonchev–Trinajstić information content (AvgIpc) is 2.98. The van der Waals surface area contributed by atoms with Gasteiger partial charge in [-0.1, -0.05) is 48.5 Å². The Balaban J connectivity index is 1.97. The van der Waals surface area contributed by atoms with Crippen molar-refractivity contribution >= 4 is 50.1 Å². The van der Waals surface area contributed by atoms with E-state index in [0.717, 1.165) is 16.7 Å². The zero-order valence-corrected chi connectivity index (χ0v) is 14.1. The minimum atomic E-state index is -0.287. The first kappa shape index (κ1) is 14.2.